The third-order valence-corrected chi connectivity index (χ3v) is 4.11. The van der Waals surface area contributed by atoms with E-state index in [1.54, 1.807) is 7.11 Å². The van der Waals surface area contributed by atoms with Crippen molar-refractivity contribution in [3.8, 4) is 0 Å². The minimum Gasteiger partial charge on any atom is -0.383 e. The molecule has 0 heterocycles. The van der Waals surface area contributed by atoms with Crippen molar-refractivity contribution in [1.82, 2.24) is 4.90 Å². The Bertz CT molecular complexity index is 382. The molecule has 19 heavy (non-hydrogen) atoms. The van der Waals surface area contributed by atoms with Crippen LogP contribution >= 0.6 is 11.6 Å². The summed E-state index contributed by atoms with van der Waals surface area (Å²) in [6, 6.07) is 8.29. The van der Waals surface area contributed by atoms with Crippen LogP contribution in [0.1, 0.15) is 19.4 Å². The van der Waals surface area contributed by atoms with Crippen molar-refractivity contribution in [1.29, 1.82) is 0 Å². The van der Waals surface area contributed by atoms with Gasteiger partial charge in [0.1, 0.15) is 0 Å². The first kappa shape index (κ1) is 16.4. The summed E-state index contributed by atoms with van der Waals surface area (Å²) in [5.41, 5.74) is 7.16. The molecule has 4 heteroatoms. The van der Waals surface area contributed by atoms with Crippen LogP contribution in [0.5, 0.6) is 0 Å². The highest BCUT2D eigenvalue weighted by Crippen LogP contribution is 2.22. The maximum Gasteiger partial charge on any atom is 0.0615 e. The second kappa shape index (κ2) is 7.25. The smallest absolute Gasteiger partial charge is 0.0615 e. The maximum absolute atomic E-state index is 6.01. The van der Waals surface area contributed by atoms with Crippen LogP contribution in [0.25, 0.3) is 0 Å². The van der Waals surface area contributed by atoms with Gasteiger partial charge in [0.25, 0.3) is 0 Å². The number of likely N-dealkylation sites (N-methyl/N-ethyl adjacent to an activating group) is 1. The van der Waals surface area contributed by atoms with Crippen molar-refractivity contribution in [3.63, 3.8) is 0 Å². The number of methoxy groups -OCH3 is 1. The van der Waals surface area contributed by atoms with Gasteiger partial charge in [0, 0.05) is 30.3 Å². The summed E-state index contributed by atoms with van der Waals surface area (Å²) >= 11 is 5.92. The molecule has 0 fully saturated rings. The number of hydrogen-bond donors (Lipinski definition) is 1. The van der Waals surface area contributed by atoms with Crippen molar-refractivity contribution < 1.29 is 4.74 Å². The fourth-order valence-corrected chi connectivity index (χ4v) is 2.39. The fourth-order valence-electron chi connectivity index (χ4n) is 2.27. The van der Waals surface area contributed by atoms with Crippen molar-refractivity contribution in [2.75, 3.05) is 27.3 Å². The van der Waals surface area contributed by atoms with Gasteiger partial charge in [-0.2, -0.15) is 0 Å². The summed E-state index contributed by atoms with van der Waals surface area (Å²) in [5, 5.41) is 0.763. The van der Waals surface area contributed by atoms with E-state index in [2.05, 4.69) is 37.9 Å². The van der Waals surface area contributed by atoms with Crippen LogP contribution < -0.4 is 5.73 Å². The van der Waals surface area contributed by atoms with Gasteiger partial charge in [-0.05, 0) is 45.0 Å². The average molecular weight is 285 g/mol. The van der Waals surface area contributed by atoms with E-state index in [4.69, 9.17) is 22.1 Å². The SMILES string of the molecule is COCC(C)N(C)C(C)(CN)Cc1ccc(Cl)cc1. The van der Waals surface area contributed by atoms with Gasteiger partial charge >= 0.3 is 0 Å². The lowest BCUT2D eigenvalue weighted by molar-refractivity contribution is 0.0474. The lowest BCUT2D eigenvalue weighted by Gasteiger charge is -2.42. The monoisotopic (exact) mass is 284 g/mol. The predicted octanol–water partition coefficient (Wildman–Crippen LogP) is 2.57. The summed E-state index contributed by atoms with van der Waals surface area (Å²) in [5.74, 6) is 0. The second-order valence-corrected chi connectivity index (χ2v) is 5.86. The second-order valence-electron chi connectivity index (χ2n) is 5.42. The van der Waals surface area contributed by atoms with Gasteiger partial charge in [-0.25, -0.2) is 0 Å². The Labute approximate surface area is 121 Å². The van der Waals surface area contributed by atoms with Gasteiger partial charge in [0.05, 0.1) is 6.61 Å². The van der Waals surface area contributed by atoms with Crippen LogP contribution in [0.2, 0.25) is 5.02 Å². The molecule has 0 saturated carbocycles. The average Bonchev–Trinajstić information content (AvgIpc) is 2.40. The third-order valence-electron chi connectivity index (χ3n) is 3.86. The molecular weight excluding hydrogens is 260 g/mol. The Morgan fingerprint density at radius 1 is 1.37 bits per heavy atom. The van der Waals surface area contributed by atoms with E-state index in [0.29, 0.717) is 19.2 Å². The van der Waals surface area contributed by atoms with E-state index >= 15 is 0 Å². The topological polar surface area (TPSA) is 38.5 Å². The summed E-state index contributed by atoms with van der Waals surface area (Å²) in [7, 11) is 3.83. The van der Waals surface area contributed by atoms with E-state index in [0.717, 1.165) is 11.4 Å². The van der Waals surface area contributed by atoms with Gasteiger partial charge in [-0.1, -0.05) is 23.7 Å². The van der Waals surface area contributed by atoms with Crippen LogP contribution in [-0.2, 0) is 11.2 Å². The van der Waals surface area contributed by atoms with Gasteiger partial charge < -0.3 is 10.5 Å². The maximum atomic E-state index is 6.01. The van der Waals surface area contributed by atoms with Crippen molar-refractivity contribution in [3.05, 3.63) is 34.9 Å². The highest BCUT2D eigenvalue weighted by molar-refractivity contribution is 6.30. The first-order valence-electron chi connectivity index (χ1n) is 6.59. The highest BCUT2D eigenvalue weighted by Gasteiger charge is 2.31. The van der Waals surface area contributed by atoms with Crippen molar-refractivity contribution in [2.45, 2.75) is 31.8 Å². The Morgan fingerprint density at radius 2 is 1.95 bits per heavy atom. The minimum absolute atomic E-state index is 0.0915. The molecule has 1 aromatic carbocycles. The molecule has 0 aromatic heterocycles. The van der Waals surface area contributed by atoms with Gasteiger partial charge in [0.2, 0.25) is 0 Å². The highest BCUT2D eigenvalue weighted by atomic mass is 35.5. The van der Waals surface area contributed by atoms with Gasteiger partial charge in [0.15, 0.2) is 0 Å². The van der Waals surface area contributed by atoms with Crippen LogP contribution in [-0.4, -0.2) is 43.8 Å². The molecule has 2 unspecified atom stereocenters. The summed E-state index contributed by atoms with van der Waals surface area (Å²) in [4.78, 5) is 2.30. The molecule has 0 saturated heterocycles. The fraction of sp³-hybridized carbons (Fsp3) is 0.600. The summed E-state index contributed by atoms with van der Waals surface area (Å²) < 4.78 is 5.23. The molecule has 1 rings (SSSR count). The van der Waals surface area contributed by atoms with E-state index in [1.165, 1.54) is 5.56 Å². The number of benzene rings is 1. The zero-order chi connectivity index (χ0) is 14.5. The van der Waals surface area contributed by atoms with Gasteiger partial charge in [-0.3, -0.25) is 4.90 Å². The molecule has 3 nitrogen and oxygen atoms in total. The Hall–Kier alpha value is -0.610. The molecule has 1 aromatic rings. The molecular formula is C15H25ClN2O. The Kier molecular flexibility index (Phi) is 6.27. The number of nitrogens with zero attached hydrogens (tertiary/aromatic N) is 1. The largest absolute Gasteiger partial charge is 0.383 e. The summed E-state index contributed by atoms with van der Waals surface area (Å²) in [6.07, 6.45) is 0.894. The standard InChI is InChI=1S/C15H25ClN2O/c1-12(10-19-4)18(3)15(2,11-17)9-13-5-7-14(16)8-6-13/h5-8,12H,9-11,17H2,1-4H3. The normalized spacial score (nSPS) is 16.4. The van der Waals surface area contributed by atoms with E-state index < -0.39 is 0 Å². The quantitative estimate of drug-likeness (QED) is 0.836. The van der Waals surface area contributed by atoms with Crippen LogP contribution in [0.4, 0.5) is 0 Å². The van der Waals surface area contributed by atoms with Crippen molar-refractivity contribution >= 4 is 11.6 Å². The summed E-state index contributed by atoms with van der Waals surface area (Å²) in [6.45, 7) is 5.64. The Balaban J connectivity index is 2.81. The molecule has 2 atom stereocenters. The van der Waals surface area contributed by atoms with Crippen LogP contribution in [0.15, 0.2) is 24.3 Å². The number of ether oxygens (including phenoxy) is 1. The molecule has 0 bridgehead atoms. The lowest BCUT2D eigenvalue weighted by atomic mass is 9.90. The first-order chi connectivity index (χ1) is 8.92. The molecule has 0 aliphatic carbocycles. The van der Waals surface area contributed by atoms with E-state index in [-0.39, 0.29) is 5.54 Å². The number of halogens is 1. The number of hydrogen-bond acceptors (Lipinski definition) is 3. The van der Waals surface area contributed by atoms with E-state index in [9.17, 15) is 0 Å². The molecule has 108 valence electrons. The molecule has 0 radical (unpaired) electrons. The van der Waals surface area contributed by atoms with Crippen molar-refractivity contribution in [2.24, 2.45) is 5.73 Å². The van der Waals surface area contributed by atoms with Gasteiger partial charge in [-0.15, -0.1) is 0 Å². The molecule has 0 spiro atoms. The third kappa shape index (κ3) is 4.46. The predicted molar refractivity (Wildman–Crippen MR) is 81.7 cm³/mol. The van der Waals surface area contributed by atoms with Crippen LogP contribution in [0.3, 0.4) is 0 Å². The van der Waals surface area contributed by atoms with E-state index in [1.807, 2.05) is 12.1 Å². The first-order valence-corrected chi connectivity index (χ1v) is 6.97. The molecule has 0 aliphatic heterocycles. The lowest BCUT2D eigenvalue weighted by Crippen LogP contribution is -2.55. The minimum atomic E-state index is -0.0915. The Morgan fingerprint density at radius 3 is 2.42 bits per heavy atom. The molecule has 0 amide bonds. The molecule has 0 aliphatic rings. The zero-order valence-electron chi connectivity index (χ0n) is 12.3. The van der Waals surface area contributed by atoms with Crippen LogP contribution in [0, 0.1) is 0 Å². The number of rotatable bonds is 7. The number of nitrogens with two attached hydrogens (primary N) is 1. The molecule has 2 N–H and O–H groups in total. The zero-order valence-corrected chi connectivity index (χ0v) is 13.1.